The van der Waals surface area contributed by atoms with E-state index in [2.05, 4.69) is 16.5 Å². The van der Waals surface area contributed by atoms with Crippen molar-refractivity contribution in [3.63, 3.8) is 0 Å². The molecule has 3 aromatic rings. The van der Waals surface area contributed by atoms with Gasteiger partial charge in [-0.2, -0.15) is 0 Å². The standard InChI is InChI=1S/C23H23ClN2O2/c1-2-8-22-25-15-20(26(22)16-18-11-6-7-12-21(18)24)14-19(23(27)28)13-17-9-4-3-5-10-17/h3-7,9-12,14-15H,2,8,13,16H2,1H3,(H,27,28). The zero-order valence-electron chi connectivity index (χ0n) is 15.8. The summed E-state index contributed by atoms with van der Waals surface area (Å²) in [5.74, 6) is 0.00417. The predicted molar refractivity (Wildman–Crippen MR) is 113 cm³/mol. The minimum absolute atomic E-state index is 0.328. The van der Waals surface area contributed by atoms with Gasteiger partial charge in [-0.15, -0.1) is 0 Å². The number of carbonyl (C=O) groups is 1. The van der Waals surface area contributed by atoms with Gasteiger partial charge in [0.15, 0.2) is 0 Å². The molecule has 2 aromatic carbocycles. The maximum Gasteiger partial charge on any atom is 0.331 e. The SMILES string of the molecule is CCCc1ncc(C=C(Cc2ccccc2)C(=O)O)n1Cc1ccccc1Cl. The molecule has 3 rings (SSSR count). The van der Waals surface area contributed by atoms with Crippen molar-refractivity contribution in [3.05, 3.63) is 94.0 Å². The second-order valence-electron chi connectivity index (χ2n) is 6.66. The number of imidazole rings is 1. The van der Waals surface area contributed by atoms with E-state index in [1.807, 2.05) is 54.6 Å². The fourth-order valence-electron chi connectivity index (χ4n) is 3.13. The van der Waals surface area contributed by atoms with Crippen LogP contribution in [0.15, 0.2) is 66.4 Å². The van der Waals surface area contributed by atoms with Gasteiger partial charge in [0.25, 0.3) is 0 Å². The molecule has 1 heterocycles. The van der Waals surface area contributed by atoms with Crippen LogP contribution in [-0.4, -0.2) is 20.6 Å². The van der Waals surface area contributed by atoms with Gasteiger partial charge in [-0.3, -0.25) is 0 Å². The molecule has 1 aromatic heterocycles. The molecule has 0 saturated heterocycles. The Bertz CT molecular complexity index is 977. The third-order valence-electron chi connectivity index (χ3n) is 4.56. The van der Waals surface area contributed by atoms with Gasteiger partial charge in [0.2, 0.25) is 0 Å². The predicted octanol–water partition coefficient (Wildman–Crippen LogP) is 5.25. The Morgan fingerprint density at radius 2 is 1.86 bits per heavy atom. The molecule has 1 N–H and O–H groups in total. The van der Waals surface area contributed by atoms with E-state index in [0.717, 1.165) is 35.5 Å². The van der Waals surface area contributed by atoms with E-state index in [4.69, 9.17) is 11.6 Å². The number of carboxylic acids is 1. The van der Waals surface area contributed by atoms with E-state index >= 15 is 0 Å². The molecule has 0 aliphatic rings. The molecule has 0 aliphatic heterocycles. The number of aromatic nitrogens is 2. The average molecular weight is 395 g/mol. The van der Waals surface area contributed by atoms with E-state index in [1.165, 1.54) is 0 Å². The van der Waals surface area contributed by atoms with E-state index in [1.54, 1.807) is 12.3 Å². The highest BCUT2D eigenvalue weighted by atomic mass is 35.5. The summed E-state index contributed by atoms with van der Waals surface area (Å²) in [7, 11) is 0. The summed E-state index contributed by atoms with van der Waals surface area (Å²) in [6.07, 6.45) is 5.60. The number of halogens is 1. The number of carboxylic acid groups (broad SMARTS) is 1. The molecule has 0 saturated carbocycles. The number of hydrogen-bond donors (Lipinski definition) is 1. The Morgan fingerprint density at radius 3 is 2.54 bits per heavy atom. The molecule has 0 amide bonds. The van der Waals surface area contributed by atoms with Gasteiger partial charge in [0.05, 0.1) is 18.4 Å². The second-order valence-corrected chi connectivity index (χ2v) is 7.07. The third-order valence-corrected chi connectivity index (χ3v) is 4.93. The first-order valence-electron chi connectivity index (χ1n) is 9.34. The highest BCUT2D eigenvalue weighted by Crippen LogP contribution is 2.21. The smallest absolute Gasteiger partial charge is 0.331 e. The number of rotatable bonds is 8. The first-order valence-corrected chi connectivity index (χ1v) is 9.72. The molecule has 0 radical (unpaired) electrons. The maximum atomic E-state index is 11.8. The number of hydrogen-bond acceptors (Lipinski definition) is 2. The van der Waals surface area contributed by atoms with Gasteiger partial charge in [0, 0.05) is 23.4 Å². The lowest BCUT2D eigenvalue weighted by Crippen LogP contribution is -2.09. The van der Waals surface area contributed by atoms with Crippen molar-refractivity contribution in [2.24, 2.45) is 0 Å². The quantitative estimate of drug-likeness (QED) is 0.531. The number of aryl methyl sites for hydroxylation is 1. The average Bonchev–Trinajstić information content (AvgIpc) is 3.05. The first-order chi connectivity index (χ1) is 13.6. The summed E-state index contributed by atoms with van der Waals surface area (Å²) in [6, 6.07) is 17.3. The lowest BCUT2D eigenvalue weighted by atomic mass is 10.0. The summed E-state index contributed by atoms with van der Waals surface area (Å²) in [5.41, 5.74) is 3.04. The molecular formula is C23H23ClN2O2. The van der Waals surface area contributed by atoms with E-state index in [0.29, 0.717) is 23.6 Å². The van der Waals surface area contributed by atoms with Gasteiger partial charge >= 0.3 is 5.97 Å². The van der Waals surface area contributed by atoms with Crippen LogP contribution in [-0.2, 0) is 24.2 Å². The summed E-state index contributed by atoms with van der Waals surface area (Å²) >= 11 is 6.34. The van der Waals surface area contributed by atoms with Gasteiger partial charge in [-0.1, -0.05) is 67.1 Å². The van der Waals surface area contributed by atoms with Crippen molar-refractivity contribution in [2.45, 2.75) is 32.7 Å². The van der Waals surface area contributed by atoms with Crippen molar-refractivity contribution in [1.82, 2.24) is 9.55 Å². The first kappa shape index (κ1) is 19.9. The van der Waals surface area contributed by atoms with Gasteiger partial charge in [-0.05, 0) is 29.7 Å². The number of nitrogens with zero attached hydrogens (tertiary/aromatic N) is 2. The highest BCUT2D eigenvalue weighted by Gasteiger charge is 2.14. The minimum atomic E-state index is -0.925. The van der Waals surface area contributed by atoms with Gasteiger partial charge in [-0.25, -0.2) is 9.78 Å². The lowest BCUT2D eigenvalue weighted by molar-refractivity contribution is -0.132. The molecule has 5 heteroatoms. The van der Waals surface area contributed by atoms with Crippen molar-refractivity contribution in [3.8, 4) is 0 Å². The normalized spacial score (nSPS) is 11.6. The van der Waals surface area contributed by atoms with Crippen LogP contribution in [0.1, 0.15) is 36.0 Å². The van der Waals surface area contributed by atoms with Crippen LogP contribution in [0.5, 0.6) is 0 Å². The lowest BCUT2D eigenvalue weighted by Gasteiger charge is -2.12. The molecule has 144 valence electrons. The second kappa shape index (κ2) is 9.38. The molecule has 0 fully saturated rings. The summed E-state index contributed by atoms with van der Waals surface area (Å²) in [5, 5.41) is 10.4. The Kier molecular flexibility index (Phi) is 6.66. The molecule has 0 spiro atoms. The molecule has 0 atom stereocenters. The Labute approximate surface area is 170 Å². The summed E-state index contributed by atoms with van der Waals surface area (Å²) < 4.78 is 2.05. The van der Waals surface area contributed by atoms with Crippen LogP contribution >= 0.6 is 11.6 Å². The molecule has 0 aliphatic carbocycles. The Balaban J connectivity index is 1.98. The zero-order chi connectivity index (χ0) is 19.9. The third kappa shape index (κ3) is 4.90. The van der Waals surface area contributed by atoms with Crippen LogP contribution in [0.4, 0.5) is 0 Å². The minimum Gasteiger partial charge on any atom is -0.478 e. The fraction of sp³-hybridized carbons (Fsp3) is 0.217. The fourth-order valence-corrected chi connectivity index (χ4v) is 3.33. The van der Waals surface area contributed by atoms with Gasteiger partial charge < -0.3 is 9.67 Å². The summed E-state index contributed by atoms with van der Waals surface area (Å²) in [6.45, 7) is 2.65. The topological polar surface area (TPSA) is 55.1 Å². The molecule has 28 heavy (non-hydrogen) atoms. The molecule has 0 unspecified atom stereocenters. The van der Waals surface area contributed by atoms with Crippen molar-refractivity contribution < 1.29 is 9.90 Å². The Morgan fingerprint density at radius 1 is 1.14 bits per heavy atom. The van der Waals surface area contributed by atoms with Crippen molar-refractivity contribution >= 4 is 23.6 Å². The van der Waals surface area contributed by atoms with Crippen LogP contribution in [0.2, 0.25) is 5.02 Å². The van der Waals surface area contributed by atoms with E-state index in [-0.39, 0.29) is 0 Å². The molecular weight excluding hydrogens is 372 g/mol. The van der Waals surface area contributed by atoms with Crippen LogP contribution < -0.4 is 0 Å². The number of aliphatic carboxylic acids is 1. The zero-order valence-corrected chi connectivity index (χ0v) is 16.6. The van der Waals surface area contributed by atoms with Crippen LogP contribution in [0, 0.1) is 0 Å². The van der Waals surface area contributed by atoms with Crippen molar-refractivity contribution in [1.29, 1.82) is 0 Å². The van der Waals surface area contributed by atoms with Crippen LogP contribution in [0.25, 0.3) is 6.08 Å². The summed E-state index contributed by atoms with van der Waals surface area (Å²) in [4.78, 5) is 16.4. The molecule has 4 nitrogen and oxygen atoms in total. The number of benzene rings is 2. The maximum absolute atomic E-state index is 11.8. The van der Waals surface area contributed by atoms with Crippen molar-refractivity contribution in [2.75, 3.05) is 0 Å². The van der Waals surface area contributed by atoms with E-state index < -0.39 is 5.97 Å². The van der Waals surface area contributed by atoms with E-state index in [9.17, 15) is 9.90 Å². The monoisotopic (exact) mass is 394 g/mol. The van der Waals surface area contributed by atoms with Gasteiger partial charge in [0.1, 0.15) is 5.82 Å². The highest BCUT2D eigenvalue weighted by molar-refractivity contribution is 6.31. The Hall–Kier alpha value is -2.85. The molecule has 0 bridgehead atoms. The van der Waals surface area contributed by atoms with Crippen LogP contribution in [0.3, 0.4) is 0 Å². The largest absolute Gasteiger partial charge is 0.478 e.